The molecule has 0 fully saturated rings. The quantitative estimate of drug-likeness (QED) is 0.827. The second kappa shape index (κ2) is 7.25. The third kappa shape index (κ3) is 3.62. The lowest BCUT2D eigenvalue weighted by atomic mass is 10.0. The van der Waals surface area contributed by atoms with E-state index in [4.69, 9.17) is 10.00 Å². The van der Waals surface area contributed by atoms with E-state index in [-0.39, 0.29) is 5.91 Å². The molecule has 22 heavy (non-hydrogen) atoms. The average molecular weight is 296 g/mol. The first-order valence-electron chi connectivity index (χ1n) is 6.73. The molecule has 0 saturated heterocycles. The van der Waals surface area contributed by atoms with Gasteiger partial charge in [-0.2, -0.15) is 5.26 Å². The maximum absolute atomic E-state index is 12.2. The van der Waals surface area contributed by atoms with Crippen molar-refractivity contribution in [3.05, 3.63) is 65.7 Å². The molecular formula is C17H16N2O3. The molecule has 2 N–H and O–H groups in total. The summed E-state index contributed by atoms with van der Waals surface area (Å²) in [4.78, 5) is 12.2. The lowest BCUT2D eigenvalue weighted by Crippen LogP contribution is -2.35. The van der Waals surface area contributed by atoms with Crippen LogP contribution in [0.2, 0.25) is 0 Å². The van der Waals surface area contributed by atoms with Crippen LogP contribution in [0.25, 0.3) is 0 Å². The van der Waals surface area contributed by atoms with Gasteiger partial charge in [0.15, 0.2) is 6.10 Å². The van der Waals surface area contributed by atoms with Gasteiger partial charge in [0.2, 0.25) is 0 Å². The summed E-state index contributed by atoms with van der Waals surface area (Å²) in [5.41, 5.74) is 1.09. The van der Waals surface area contributed by atoms with Gasteiger partial charge in [-0.25, -0.2) is 0 Å². The zero-order valence-electron chi connectivity index (χ0n) is 12.1. The maximum atomic E-state index is 12.2. The second-order valence-electron chi connectivity index (χ2n) is 4.66. The predicted molar refractivity (Wildman–Crippen MR) is 81.3 cm³/mol. The Morgan fingerprint density at radius 1 is 1.18 bits per heavy atom. The number of nitrogens with one attached hydrogen (secondary N) is 1. The highest BCUT2D eigenvalue weighted by atomic mass is 16.5. The molecule has 0 spiro atoms. The van der Waals surface area contributed by atoms with Crippen molar-refractivity contribution in [2.75, 3.05) is 7.11 Å². The number of rotatable bonds is 5. The summed E-state index contributed by atoms with van der Waals surface area (Å²) < 4.78 is 5.07. The molecule has 0 radical (unpaired) electrons. The van der Waals surface area contributed by atoms with Gasteiger partial charge in [-0.15, -0.1) is 0 Å². The highest BCUT2D eigenvalue weighted by molar-refractivity contribution is 5.94. The number of hydrogen-bond acceptors (Lipinski definition) is 4. The standard InChI is InChI=1S/C17H16N2O3/c1-22-14-9-7-12(8-10-14)16(15(20)11-18)19-17(21)13-5-3-2-4-6-13/h2-10,15-16,20H,1H3,(H,19,21)/t15-,16+/m0/s1. The van der Waals surface area contributed by atoms with Crippen LogP contribution in [-0.4, -0.2) is 24.2 Å². The molecule has 0 heterocycles. The number of methoxy groups -OCH3 is 1. The van der Waals surface area contributed by atoms with Crippen LogP contribution >= 0.6 is 0 Å². The molecule has 2 rings (SSSR count). The monoisotopic (exact) mass is 296 g/mol. The van der Waals surface area contributed by atoms with Crippen molar-refractivity contribution in [1.82, 2.24) is 5.32 Å². The molecule has 5 heteroatoms. The van der Waals surface area contributed by atoms with Crippen LogP contribution in [0.15, 0.2) is 54.6 Å². The van der Waals surface area contributed by atoms with Crippen LogP contribution in [0.4, 0.5) is 0 Å². The zero-order valence-corrected chi connectivity index (χ0v) is 12.1. The number of ether oxygens (including phenoxy) is 1. The molecule has 2 atom stereocenters. The zero-order chi connectivity index (χ0) is 15.9. The maximum Gasteiger partial charge on any atom is 0.251 e. The van der Waals surface area contributed by atoms with Gasteiger partial charge in [0.1, 0.15) is 5.75 Å². The van der Waals surface area contributed by atoms with Gasteiger partial charge >= 0.3 is 0 Å². The lowest BCUT2D eigenvalue weighted by Gasteiger charge is -2.20. The fourth-order valence-electron chi connectivity index (χ4n) is 2.04. The topological polar surface area (TPSA) is 82.3 Å². The van der Waals surface area contributed by atoms with Crippen molar-refractivity contribution in [2.24, 2.45) is 0 Å². The SMILES string of the molecule is COc1ccc([C@@H](NC(=O)c2ccccc2)[C@@H](O)C#N)cc1. The number of hydrogen-bond donors (Lipinski definition) is 2. The van der Waals surface area contributed by atoms with E-state index in [1.807, 2.05) is 6.07 Å². The third-order valence-electron chi connectivity index (χ3n) is 3.25. The Bertz CT molecular complexity index is 663. The molecule has 0 aliphatic heterocycles. The van der Waals surface area contributed by atoms with Crippen molar-refractivity contribution >= 4 is 5.91 Å². The summed E-state index contributed by atoms with van der Waals surface area (Å²) in [6.07, 6.45) is -1.35. The average Bonchev–Trinajstić information content (AvgIpc) is 2.59. The van der Waals surface area contributed by atoms with Crippen LogP contribution in [0, 0.1) is 11.3 Å². The van der Waals surface area contributed by atoms with Gasteiger partial charge < -0.3 is 15.2 Å². The molecule has 0 bridgehead atoms. The van der Waals surface area contributed by atoms with Crippen molar-refractivity contribution in [2.45, 2.75) is 12.1 Å². The van der Waals surface area contributed by atoms with Crippen LogP contribution in [0.5, 0.6) is 5.75 Å². The van der Waals surface area contributed by atoms with Gasteiger partial charge in [0.05, 0.1) is 19.2 Å². The molecular weight excluding hydrogens is 280 g/mol. The minimum atomic E-state index is -1.35. The summed E-state index contributed by atoms with van der Waals surface area (Å²) in [7, 11) is 1.55. The number of amides is 1. The Hall–Kier alpha value is -2.84. The lowest BCUT2D eigenvalue weighted by molar-refractivity contribution is 0.0888. The third-order valence-corrected chi connectivity index (χ3v) is 3.25. The largest absolute Gasteiger partial charge is 0.497 e. The molecule has 2 aromatic carbocycles. The fourth-order valence-corrected chi connectivity index (χ4v) is 2.04. The van der Waals surface area contributed by atoms with E-state index in [1.54, 1.807) is 61.7 Å². The Morgan fingerprint density at radius 3 is 2.36 bits per heavy atom. The van der Waals surface area contributed by atoms with Gasteiger partial charge in [0.25, 0.3) is 5.91 Å². The summed E-state index contributed by atoms with van der Waals surface area (Å²) in [5, 5.41) is 21.5. The number of benzene rings is 2. The van der Waals surface area contributed by atoms with Crippen LogP contribution in [-0.2, 0) is 0 Å². The van der Waals surface area contributed by atoms with Crippen LogP contribution in [0.3, 0.4) is 0 Å². The summed E-state index contributed by atoms with van der Waals surface area (Å²) in [6.45, 7) is 0. The summed E-state index contributed by atoms with van der Waals surface area (Å²) in [6, 6.07) is 16.4. The summed E-state index contributed by atoms with van der Waals surface area (Å²) >= 11 is 0. The highest BCUT2D eigenvalue weighted by Gasteiger charge is 2.23. The van der Waals surface area contributed by atoms with E-state index in [1.165, 1.54) is 0 Å². The number of nitrogens with zero attached hydrogens (tertiary/aromatic N) is 1. The van der Waals surface area contributed by atoms with E-state index in [0.29, 0.717) is 16.9 Å². The minimum absolute atomic E-state index is 0.351. The van der Waals surface area contributed by atoms with E-state index >= 15 is 0 Å². The molecule has 0 aromatic heterocycles. The van der Waals surface area contributed by atoms with E-state index in [2.05, 4.69) is 5.32 Å². The van der Waals surface area contributed by atoms with E-state index < -0.39 is 12.1 Å². The Kier molecular flexibility index (Phi) is 5.12. The molecule has 112 valence electrons. The minimum Gasteiger partial charge on any atom is -0.497 e. The molecule has 1 amide bonds. The first-order valence-corrected chi connectivity index (χ1v) is 6.73. The number of carbonyl (C=O) groups is 1. The molecule has 0 unspecified atom stereocenters. The van der Waals surface area contributed by atoms with Crippen molar-refractivity contribution < 1.29 is 14.6 Å². The van der Waals surface area contributed by atoms with Crippen molar-refractivity contribution in [3.63, 3.8) is 0 Å². The first-order chi connectivity index (χ1) is 10.7. The second-order valence-corrected chi connectivity index (χ2v) is 4.66. The molecule has 5 nitrogen and oxygen atoms in total. The van der Waals surface area contributed by atoms with Crippen LogP contribution < -0.4 is 10.1 Å². The van der Waals surface area contributed by atoms with Gasteiger partial charge in [-0.3, -0.25) is 4.79 Å². The number of aliphatic hydroxyl groups is 1. The summed E-state index contributed by atoms with van der Waals surface area (Å²) in [5.74, 6) is 0.305. The van der Waals surface area contributed by atoms with Crippen molar-refractivity contribution in [3.8, 4) is 11.8 Å². The van der Waals surface area contributed by atoms with E-state index in [0.717, 1.165) is 0 Å². The number of aliphatic hydroxyl groups excluding tert-OH is 1. The van der Waals surface area contributed by atoms with Gasteiger partial charge in [-0.05, 0) is 29.8 Å². The number of carbonyl (C=O) groups excluding carboxylic acids is 1. The molecule has 0 aliphatic carbocycles. The Balaban J connectivity index is 2.23. The van der Waals surface area contributed by atoms with Crippen molar-refractivity contribution in [1.29, 1.82) is 5.26 Å². The number of nitriles is 1. The predicted octanol–water partition coefficient (Wildman–Crippen LogP) is 2.05. The van der Waals surface area contributed by atoms with Gasteiger partial charge in [0, 0.05) is 5.56 Å². The Morgan fingerprint density at radius 2 is 1.82 bits per heavy atom. The molecule has 0 aliphatic rings. The normalized spacial score (nSPS) is 12.8. The molecule has 0 saturated carbocycles. The van der Waals surface area contributed by atoms with Gasteiger partial charge in [-0.1, -0.05) is 30.3 Å². The molecule has 2 aromatic rings. The Labute approximate surface area is 128 Å². The fraction of sp³-hybridized carbons (Fsp3) is 0.176. The highest BCUT2D eigenvalue weighted by Crippen LogP contribution is 2.21. The first kappa shape index (κ1) is 15.5. The van der Waals surface area contributed by atoms with Crippen LogP contribution in [0.1, 0.15) is 22.0 Å². The smallest absolute Gasteiger partial charge is 0.251 e. The van der Waals surface area contributed by atoms with E-state index in [9.17, 15) is 9.90 Å².